The van der Waals surface area contributed by atoms with Crippen LogP contribution in [0.3, 0.4) is 0 Å². The Labute approximate surface area is 123 Å². The highest BCUT2D eigenvalue weighted by molar-refractivity contribution is 5.26. The lowest BCUT2D eigenvalue weighted by molar-refractivity contribution is 0.245. The highest BCUT2D eigenvalue weighted by atomic mass is 16.5. The molecule has 0 spiro atoms. The fourth-order valence-electron chi connectivity index (χ4n) is 1.77. The summed E-state index contributed by atoms with van der Waals surface area (Å²) in [5.41, 5.74) is 1.42. The molecule has 5 nitrogen and oxygen atoms in total. The van der Waals surface area contributed by atoms with Crippen LogP contribution in [0.25, 0.3) is 0 Å². The Morgan fingerprint density at radius 1 is 1.14 bits per heavy atom. The Morgan fingerprint density at radius 2 is 1.86 bits per heavy atom. The van der Waals surface area contributed by atoms with Crippen molar-refractivity contribution >= 4 is 0 Å². The summed E-state index contributed by atoms with van der Waals surface area (Å²) in [5, 5.41) is 8.90. The summed E-state index contributed by atoms with van der Waals surface area (Å²) >= 11 is 0. The van der Waals surface area contributed by atoms with E-state index >= 15 is 0 Å². The zero-order valence-electron chi connectivity index (χ0n) is 12.0. The standard InChI is InChI=1S/C16H19NO4/c1-12-3-5-14(6-4-12)20-7-2-8-21-16-10-17-13(11-18)9-15(16)19/h3-6,9-10,18H,2,7-8,11H2,1H3,(H,17,19). The van der Waals surface area contributed by atoms with Gasteiger partial charge in [-0.2, -0.15) is 0 Å². The van der Waals surface area contributed by atoms with Crippen LogP contribution in [0.2, 0.25) is 0 Å². The molecule has 0 saturated heterocycles. The van der Waals surface area contributed by atoms with Gasteiger partial charge in [-0.05, 0) is 19.1 Å². The summed E-state index contributed by atoms with van der Waals surface area (Å²) in [6, 6.07) is 9.17. The second kappa shape index (κ2) is 7.50. The van der Waals surface area contributed by atoms with Crippen molar-refractivity contribution < 1.29 is 14.6 Å². The summed E-state index contributed by atoms with van der Waals surface area (Å²) in [7, 11) is 0. The molecule has 1 aromatic heterocycles. The van der Waals surface area contributed by atoms with Crippen LogP contribution in [-0.2, 0) is 6.61 Å². The van der Waals surface area contributed by atoms with E-state index in [1.54, 1.807) is 0 Å². The molecule has 2 aromatic rings. The van der Waals surface area contributed by atoms with Crippen molar-refractivity contribution in [1.82, 2.24) is 4.98 Å². The van der Waals surface area contributed by atoms with Gasteiger partial charge in [0, 0.05) is 24.4 Å². The van der Waals surface area contributed by atoms with E-state index in [0.717, 1.165) is 5.75 Å². The minimum atomic E-state index is -0.239. The van der Waals surface area contributed by atoms with Gasteiger partial charge >= 0.3 is 0 Å². The van der Waals surface area contributed by atoms with Crippen molar-refractivity contribution in [2.24, 2.45) is 0 Å². The number of aryl methyl sites for hydroxylation is 1. The lowest BCUT2D eigenvalue weighted by Crippen LogP contribution is -2.12. The van der Waals surface area contributed by atoms with Crippen LogP contribution in [0.15, 0.2) is 41.3 Å². The van der Waals surface area contributed by atoms with Gasteiger partial charge < -0.3 is 19.6 Å². The molecule has 0 aliphatic heterocycles. The molecule has 0 atom stereocenters. The molecule has 0 fully saturated rings. The number of H-pyrrole nitrogens is 1. The molecular formula is C16H19NO4. The SMILES string of the molecule is Cc1ccc(OCCCOc2c[nH]c(CO)cc2=O)cc1. The number of pyridine rings is 1. The summed E-state index contributed by atoms with van der Waals surface area (Å²) in [5.74, 6) is 1.08. The maximum atomic E-state index is 11.6. The number of hydrogen-bond donors (Lipinski definition) is 2. The number of benzene rings is 1. The molecule has 2 rings (SSSR count). The van der Waals surface area contributed by atoms with Crippen LogP contribution in [-0.4, -0.2) is 23.3 Å². The molecule has 0 amide bonds. The zero-order valence-corrected chi connectivity index (χ0v) is 12.0. The second-order valence-electron chi connectivity index (χ2n) is 4.71. The van der Waals surface area contributed by atoms with Crippen molar-refractivity contribution in [2.45, 2.75) is 20.0 Å². The van der Waals surface area contributed by atoms with E-state index in [4.69, 9.17) is 14.6 Å². The molecule has 0 bridgehead atoms. The number of nitrogens with one attached hydrogen (secondary N) is 1. The molecule has 0 unspecified atom stereocenters. The predicted molar refractivity (Wildman–Crippen MR) is 79.8 cm³/mol. The van der Waals surface area contributed by atoms with Crippen molar-refractivity contribution in [1.29, 1.82) is 0 Å². The molecule has 1 aromatic carbocycles. The van der Waals surface area contributed by atoms with Crippen LogP contribution in [0.5, 0.6) is 11.5 Å². The van der Waals surface area contributed by atoms with Gasteiger partial charge in [-0.15, -0.1) is 0 Å². The van der Waals surface area contributed by atoms with Crippen molar-refractivity contribution in [3.05, 3.63) is 58.0 Å². The van der Waals surface area contributed by atoms with E-state index in [1.807, 2.05) is 31.2 Å². The molecule has 1 heterocycles. The lowest BCUT2D eigenvalue weighted by Gasteiger charge is -2.08. The molecule has 0 saturated carbocycles. The van der Waals surface area contributed by atoms with Crippen LogP contribution < -0.4 is 14.9 Å². The van der Waals surface area contributed by atoms with Gasteiger partial charge in [0.2, 0.25) is 5.43 Å². The van der Waals surface area contributed by atoms with E-state index < -0.39 is 0 Å². The fraction of sp³-hybridized carbons (Fsp3) is 0.312. The number of ether oxygens (including phenoxy) is 2. The quantitative estimate of drug-likeness (QED) is 0.765. The maximum Gasteiger partial charge on any atom is 0.223 e. The van der Waals surface area contributed by atoms with Gasteiger partial charge in [0.1, 0.15) is 5.75 Å². The summed E-state index contributed by atoms with van der Waals surface area (Å²) in [6.07, 6.45) is 2.14. The lowest BCUT2D eigenvalue weighted by atomic mass is 10.2. The van der Waals surface area contributed by atoms with Gasteiger partial charge in [-0.3, -0.25) is 4.79 Å². The van der Waals surface area contributed by atoms with E-state index in [9.17, 15) is 4.79 Å². The highest BCUT2D eigenvalue weighted by Crippen LogP contribution is 2.11. The number of hydrogen-bond acceptors (Lipinski definition) is 4. The molecule has 0 aliphatic carbocycles. The second-order valence-corrected chi connectivity index (χ2v) is 4.71. The van der Waals surface area contributed by atoms with Crippen molar-refractivity contribution in [2.75, 3.05) is 13.2 Å². The summed E-state index contributed by atoms with van der Waals surface area (Å²) in [6.45, 7) is 2.75. The first-order valence-electron chi connectivity index (χ1n) is 6.84. The minimum Gasteiger partial charge on any atom is -0.493 e. The van der Waals surface area contributed by atoms with E-state index in [1.165, 1.54) is 17.8 Å². The van der Waals surface area contributed by atoms with E-state index in [0.29, 0.717) is 25.3 Å². The normalized spacial score (nSPS) is 10.4. The molecule has 21 heavy (non-hydrogen) atoms. The van der Waals surface area contributed by atoms with Gasteiger partial charge in [-0.25, -0.2) is 0 Å². The molecule has 112 valence electrons. The first-order valence-corrected chi connectivity index (χ1v) is 6.84. The van der Waals surface area contributed by atoms with Gasteiger partial charge in [-0.1, -0.05) is 17.7 Å². The van der Waals surface area contributed by atoms with Crippen LogP contribution in [0.4, 0.5) is 0 Å². The molecule has 0 radical (unpaired) electrons. The first kappa shape index (κ1) is 15.1. The van der Waals surface area contributed by atoms with E-state index in [-0.39, 0.29) is 17.8 Å². The van der Waals surface area contributed by atoms with Crippen LogP contribution in [0.1, 0.15) is 17.7 Å². The first-order chi connectivity index (χ1) is 10.2. The third kappa shape index (κ3) is 4.65. The number of aliphatic hydroxyl groups excluding tert-OH is 1. The average molecular weight is 289 g/mol. The maximum absolute atomic E-state index is 11.6. The molecule has 0 aliphatic rings. The Morgan fingerprint density at radius 3 is 2.52 bits per heavy atom. The van der Waals surface area contributed by atoms with Gasteiger partial charge in [0.05, 0.1) is 19.8 Å². The Balaban J connectivity index is 1.72. The van der Waals surface area contributed by atoms with Crippen molar-refractivity contribution in [3.63, 3.8) is 0 Å². The van der Waals surface area contributed by atoms with Gasteiger partial charge in [0.25, 0.3) is 0 Å². The number of rotatable bonds is 7. The fourth-order valence-corrected chi connectivity index (χ4v) is 1.77. The third-order valence-electron chi connectivity index (χ3n) is 2.94. The Hall–Kier alpha value is -2.27. The zero-order chi connectivity index (χ0) is 15.1. The topological polar surface area (TPSA) is 71.6 Å². The predicted octanol–water partition coefficient (Wildman–Crippen LogP) is 2.02. The van der Waals surface area contributed by atoms with E-state index in [2.05, 4.69) is 4.98 Å². The summed E-state index contributed by atoms with van der Waals surface area (Å²) < 4.78 is 11.0. The third-order valence-corrected chi connectivity index (χ3v) is 2.94. The number of aromatic amines is 1. The summed E-state index contributed by atoms with van der Waals surface area (Å²) in [4.78, 5) is 14.4. The molecular weight excluding hydrogens is 270 g/mol. The van der Waals surface area contributed by atoms with Crippen LogP contribution >= 0.6 is 0 Å². The minimum absolute atomic E-state index is 0.195. The Kier molecular flexibility index (Phi) is 5.40. The average Bonchev–Trinajstić information content (AvgIpc) is 2.50. The molecule has 5 heteroatoms. The monoisotopic (exact) mass is 289 g/mol. The largest absolute Gasteiger partial charge is 0.493 e. The van der Waals surface area contributed by atoms with Crippen LogP contribution in [0, 0.1) is 6.92 Å². The van der Waals surface area contributed by atoms with Crippen molar-refractivity contribution in [3.8, 4) is 11.5 Å². The number of aromatic nitrogens is 1. The Bertz CT molecular complexity index is 619. The smallest absolute Gasteiger partial charge is 0.223 e. The highest BCUT2D eigenvalue weighted by Gasteiger charge is 2.02. The number of aliphatic hydroxyl groups is 1. The van der Waals surface area contributed by atoms with Gasteiger partial charge in [0.15, 0.2) is 5.75 Å². The molecule has 2 N–H and O–H groups in total.